The summed E-state index contributed by atoms with van der Waals surface area (Å²) >= 11 is 0. The average molecular weight is 98.1 g/mol. The molecule has 1 aromatic heterocycles. The molecule has 0 atom stereocenters. The number of nitrogens with one attached hydrogen (secondary N) is 1. The van der Waals surface area contributed by atoms with Crippen molar-refractivity contribution >= 4 is 0 Å². The van der Waals surface area contributed by atoms with Gasteiger partial charge < -0.3 is 11.1 Å². The Kier molecular flexibility index (Phi) is 2.16. The van der Waals surface area contributed by atoms with Crippen molar-refractivity contribution in [3.63, 3.8) is 0 Å². The minimum Gasteiger partial charge on any atom is -0.365 e. The molecule has 0 aromatic carbocycles. The van der Waals surface area contributed by atoms with E-state index in [0.29, 0.717) is 0 Å². The molecule has 4 N–H and O–H groups in total. The predicted octanol–water partition coefficient (Wildman–Crippen LogP) is 1.49. The van der Waals surface area contributed by atoms with E-state index in [0.717, 1.165) is 0 Å². The van der Waals surface area contributed by atoms with Crippen LogP contribution >= 0.6 is 0 Å². The Balaban J connectivity index is 0.000000360. The molecule has 0 aliphatic heterocycles. The summed E-state index contributed by atoms with van der Waals surface area (Å²) < 4.78 is 0. The molecule has 0 unspecified atom stereocenters. The minimum atomic E-state index is 0. The zero-order valence-corrected chi connectivity index (χ0v) is 4.44. The summed E-state index contributed by atoms with van der Waals surface area (Å²) in [6.45, 7) is 2.03. The van der Waals surface area contributed by atoms with Crippen LogP contribution in [0, 0.1) is 6.92 Å². The van der Waals surface area contributed by atoms with E-state index < -0.39 is 0 Å². The van der Waals surface area contributed by atoms with E-state index in [2.05, 4.69) is 4.98 Å². The molecule has 40 valence electrons. The quantitative estimate of drug-likeness (QED) is 0.507. The van der Waals surface area contributed by atoms with Gasteiger partial charge in [0.15, 0.2) is 0 Å². The van der Waals surface area contributed by atoms with Gasteiger partial charge in [-0.2, -0.15) is 0 Å². The molecule has 0 saturated heterocycles. The second-order valence-corrected chi connectivity index (χ2v) is 1.35. The molecule has 0 aliphatic carbocycles. The van der Waals surface area contributed by atoms with Gasteiger partial charge in [0.25, 0.3) is 0 Å². The van der Waals surface area contributed by atoms with E-state index >= 15 is 0 Å². The van der Waals surface area contributed by atoms with Gasteiger partial charge in [-0.1, -0.05) is 0 Å². The molecule has 0 saturated carbocycles. The molecule has 0 bridgehead atoms. The fourth-order valence-electron chi connectivity index (χ4n) is 0.420. The lowest BCUT2D eigenvalue weighted by atomic mass is 10.5. The number of aromatic nitrogens is 1. The Hall–Kier alpha value is -0.760. The summed E-state index contributed by atoms with van der Waals surface area (Å²) in [7, 11) is 0. The molecule has 2 nitrogen and oxygen atoms in total. The number of aryl methyl sites for hydroxylation is 1. The standard InChI is InChI=1S/C5H7N.H3N/c1-5-3-2-4-6-5;/h2-4,6H,1H3;1H3. The lowest BCUT2D eigenvalue weighted by Crippen LogP contribution is -1.59. The second-order valence-electron chi connectivity index (χ2n) is 1.35. The van der Waals surface area contributed by atoms with Gasteiger partial charge in [0.05, 0.1) is 0 Å². The van der Waals surface area contributed by atoms with Crippen molar-refractivity contribution in [1.82, 2.24) is 11.1 Å². The van der Waals surface area contributed by atoms with Crippen LogP contribution in [0.25, 0.3) is 0 Å². The van der Waals surface area contributed by atoms with Crippen LogP contribution in [0.4, 0.5) is 0 Å². The maximum atomic E-state index is 3.00. The highest BCUT2D eigenvalue weighted by Gasteiger charge is 1.72. The summed E-state index contributed by atoms with van der Waals surface area (Å²) in [4.78, 5) is 3.00. The van der Waals surface area contributed by atoms with Crippen LogP contribution in [-0.2, 0) is 0 Å². The molecule has 1 rings (SSSR count). The summed E-state index contributed by atoms with van der Waals surface area (Å²) in [6, 6.07) is 4.01. The first kappa shape index (κ1) is 6.24. The maximum absolute atomic E-state index is 3.00. The maximum Gasteiger partial charge on any atom is 0.0115 e. The number of rotatable bonds is 0. The first-order valence-corrected chi connectivity index (χ1v) is 1.99. The van der Waals surface area contributed by atoms with E-state index in [1.807, 2.05) is 25.3 Å². The van der Waals surface area contributed by atoms with Gasteiger partial charge in [-0.25, -0.2) is 0 Å². The smallest absolute Gasteiger partial charge is 0.0115 e. The van der Waals surface area contributed by atoms with Crippen LogP contribution in [-0.4, -0.2) is 4.98 Å². The van der Waals surface area contributed by atoms with Crippen molar-refractivity contribution in [3.8, 4) is 0 Å². The van der Waals surface area contributed by atoms with Crippen LogP contribution in [0.2, 0.25) is 0 Å². The fraction of sp³-hybridized carbons (Fsp3) is 0.200. The van der Waals surface area contributed by atoms with Crippen LogP contribution in [0.15, 0.2) is 18.3 Å². The molecule has 1 aromatic rings. The zero-order valence-electron chi connectivity index (χ0n) is 4.44. The zero-order chi connectivity index (χ0) is 4.41. The van der Waals surface area contributed by atoms with Gasteiger partial charge in [0, 0.05) is 11.9 Å². The van der Waals surface area contributed by atoms with E-state index in [1.54, 1.807) is 0 Å². The molecule has 0 fully saturated rings. The van der Waals surface area contributed by atoms with Crippen molar-refractivity contribution < 1.29 is 0 Å². The van der Waals surface area contributed by atoms with Crippen LogP contribution in [0.5, 0.6) is 0 Å². The van der Waals surface area contributed by atoms with Crippen molar-refractivity contribution in [1.29, 1.82) is 0 Å². The lowest BCUT2D eigenvalue weighted by molar-refractivity contribution is 1.27. The fourth-order valence-corrected chi connectivity index (χ4v) is 0.420. The van der Waals surface area contributed by atoms with Gasteiger partial charge in [-0.15, -0.1) is 0 Å². The highest BCUT2D eigenvalue weighted by Crippen LogP contribution is 1.86. The molecule has 0 amide bonds. The molecular weight excluding hydrogens is 88.1 g/mol. The summed E-state index contributed by atoms with van der Waals surface area (Å²) in [5.41, 5.74) is 1.22. The summed E-state index contributed by atoms with van der Waals surface area (Å²) in [5.74, 6) is 0. The predicted molar refractivity (Wildman–Crippen MR) is 30.6 cm³/mol. The van der Waals surface area contributed by atoms with Crippen LogP contribution in [0.3, 0.4) is 0 Å². The largest absolute Gasteiger partial charge is 0.365 e. The van der Waals surface area contributed by atoms with Crippen molar-refractivity contribution in [2.75, 3.05) is 0 Å². The molecule has 1 heterocycles. The van der Waals surface area contributed by atoms with Gasteiger partial charge in [0.1, 0.15) is 0 Å². The third kappa shape index (κ3) is 1.41. The first-order chi connectivity index (χ1) is 2.89. The van der Waals surface area contributed by atoms with Gasteiger partial charge >= 0.3 is 0 Å². The number of H-pyrrole nitrogens is 1. The molecule has 2 heteroatoms. The SMILES string of the molecule is Cc1ccc[nH]1.N. The Labute approximate surface area is 43.1 Å². The molecule has 0 aliphatic rings. The van der Waals surface area contributed by atoms with Gasteiger partial charge in [-0.05, 0) is 19.1 Å². The Morgan fingerprint density at radius 2 is 2.29 bits per heavy atom. The highest BCUT2D eigenvalue weighted by atomic mass is 14.7. The van der Waals surface area contributed by atoms with Gasteiger partial charge in [-0.3, -0.25) is 0 Å². The number of hydrogen-bond donors (Lipinski definition) is 2. The molecular formula is C5H10N2. The van der Waals surface area contributed by atoms with Crippen LogP contribution < -0.4 is 6.15 Å². The Morgan fingerprint density at radius 3 is 2.43 bits per heavy atom. The molecule has 0 radical (unpaired) electrons. The van der Waals surface area contributed by atoms with Crippen LogP contribution in [0.1, 0.15) is 5.69 Å². The third-order valence-electron chi connectivity index (χ3n) is 0.753. The van der Waals surface area contributed by atoms with Crippen molar-refractivity contribution in [2.45, 2.75) is 6.92 Å². The number of hydrogen-bond acceptors (Lipinski definition) is 1. The van der Waals surface area contributed by atoms with E-state index in [1.165, 1.54) is 5.69 Å². The third-order valence-corrected chi connectivity index (χ3v) is 0.753. The highest BCUT2D eigenvalue weighted by molar-refractivity contribution is 4.99. The Morgan fingerprint density at radius 1 is 1.57 bits per heavy atom. The normalized spacial score (nSPS) is 7.57. The topological polar surface area (TPSA) is 50.8 Å². The van der Waals surface area contributed by atoms with E-state index in [4.69, 9.17) is 0 Å². The average Bonchev–Trinajstić information content (AvgIpc) is 1.86. The van der Waals surface area contributed by atoms with E-state index in [-0.39, 0.29) is 6.15 Å². The second kappa shape index (κ2) is 2.42. The molecule has 0 spiro atoms. The Bertz CT molecular complexity index is 110. The lowest BCUT2D eigenvalue weighted by Gasteiger charge is -1.70. The van der Waals surface area contributed by atoms with Crippen molar-refractivity contribution in [3.05, 3.63) is 24.0 Å². The van der Waals surface area contributed by atoms with Crippen molar-refractivity contribution in [2.24, 2.45) is 0 Å². The molecule has 7 heavy (non-hydrogen) atoms. The van der Waals surface area contributed by atoms with E-state index in [9.17, 15) is 0 Å². The summed E-state index contributed by atoms with van der Waals surface area (Å²) in [6.07, 6.45) is 1.91. The number of aromatic amines is 1. The minimum absolute atomic E-state index is 0. The first-order valence-electron chi connectivity index (χ1n) is 1.99. The van der Waals surface area contributed by atoms with Gasteiger partial charge in [0.2, 0.25) is 0 Å². The summed E-state index contributed by atoms with van der Waals surface area (Å²) in [5, 5.41) is 0. The monoisotopic (exact) mass is 98.1 g/mol.